The van der Waals surface area contributed by atoms with Gasteiger partial charge in [-0.25, -0.2) is 8.78 Å². The summed E-state index contributed by atoms with van der Waals surface area (Å²) in [7, 11) is 0. The zero-order valence-corrected chi connectivity index (χ0v) is 11.5. The van der Waals surface area contributed by atoms with Gasteiger partial charge in [0.25, 0.3) is 5.91 Å². The van der Waals surface area contributed by atoms with Gasteiger partial charge in [0.15, 0.2) is 0 Å². The minimum atomic E-state index is -0.803. The summed E-state index contributed by atoms with van der Waals surface area (Å²) in [6, 6.07) is 8.53. The van der Waals surface area contributed by atoms with E-state index in [0.29, 0.717) is 10.6 Å². The SMILES string of the molecule is O=C(Nc1ccc(F)cc1F)c1sccc1-n1cccc1. The molecule has 0 aliphatic rings. The van der Waals surface area contributed by atoms with Crippen molar-refractivity contribution in [3.05, 3.63) is 70.7 Å². The number of hydrogen-bond acceptors (Lipinski definition) is 2. The Hall–Kier alpha value is -2.47. The van der Waals surface area contributed by atoms with Crippen LogP contribution >= 0.6 is 11.3 Å². The monoisotopic (exact) mass is 304 g/mol. The van der Waals surface area contributed by atoms with Gasteiger partial charge in [0.05, 0.1) is 11.4 Å². The van der Waals surface area contributed by atoms with Crippen molar-refractivity contribution in [2.75, 3.05) is 5.32 Å². The van der Waals surface area contributed by atoms with Crippen molar-refractivity contribution in [1.82, 2.24) is 4.57 Å². The van der Waals surface area contributed by atoms with Crippen LogP contribution in [0.4, 0.5) is 14.5 Å². The molecule has 2 aromatic heterocycles. The standard InChI is InChI=1S/C15H10F2N2OS/c16-10-3-4-12(11(17)9-10)18-15(20)14-13(5-8-21-14)19-6-1-2-7-19/h1-9H,(H,18,20). The first kappa shape index (κ1) is 13.5. The Balaban J connectivity index is 1.88. The second kappa shape index (κ2) is 5.49. The number of rotatable bonds is 3. The molecule has 0 saturated heterocycles. The van der Waals surface area contributed by atoms with Crippen LogP contribution in [0.5, 0.6) is 0 Å². The molecule has 0 aliphatic heterocycles. The lowest BCUT2D eigenvalue weighted by Gasteiger charge is -2.08. The van der Waals surface area contributed by atoms with E-state index in [1.807, 2.05) is 24.5 Å². The summed E-state index contributed by atoms with van der Waals surface area (Å²) < 4.78 is 28.2. The fraction of sp³-hybridized carbons (Fsp3) is 0. The van der Waals surface area contributed by atoms with Crippen LogP contribution in [0.15, 0.2) is 54.2 Å². The van der Waals surface area contributed by atoms with Gasteiger partial charge in [0, 0.05) is 18.5 Å². The highest BCUT2D eigenvalue weighted by Gasteiger charge is 2.16. The van der Waals surface area contributed by atoms with E-state index in [4.69, 9.17) is 0 Å². The van der Waals surface area contributed by atoms with E-state index in [2.05, 4.69) is 5.32 Å². The topological polar surface area (TPSA) is 34.0 Å². The zero-order valence-electron chi connectivity index (χ0n) is 10.7. The van der Waals surface area contributed by atoms with Crippen LogP contribution in [0.3, 0.4) is 0 Å². The van der Waals surface area contributed by atoms with Crippen molar-refractivity contribution < 1.29 is 13.6 Å². The van der Waals surface area contributed by atoms with Crippen molar-refractivity contribution in [1.29, 1.82) is 0 Å². The summed E-state index contributed by atoms with van der Waals surface area (Å²) >= 11 is 1.25. The van der Waals surface area contributed by atoms with Gasteiger partial charge in [-0.1, -0.05) is 0 Å². The number of nitrogens with zero attached hydrogens (tertiary/aromatic N) is 1. The number of thiophene rings is 1. The number of aromatic nitrogens is 1. The van der Waals surface area contributed by atoms with Gasteiger partial charge in [0.2, 0.25) is 0 Å². The molecular weight excluding hydrogens is 294 g/mol. The van der Waals surface area contributed by atoms with E-state index in [9.17, 15) is 13.6 Å². The molecule has 1 amide bonds. The highest BCUT2D eigenvalue weighted by Crippen LogP contribution is 2.23. The summed E-state index contributed by atoms with van der Waals surface area (Å²) in [4.78, 5) is 12.7. The molecule has 0 unspecified atom stereocenters. The minimum absolute atomic E-state index is 0.0479. The van der Waals surface area contributed by atoms with Gasteiger partial charge in [-0.15, -0.1) is 11.3 Å². The molecule has 0 saturated carbocycles. The molecule has 6 heteroatoms. The molecule has 0 spiro atoms. The average molecular weight is 304 g/mol. The first-order chi connectivity index (χ1) is 10.1. The lowest BCUT2D eigenvalue weighted by Crippen LogP contribution is -2.13. The first-order valence-electron chi connectivity index (χ1n) is 6.12. The number of carbonyl (C=O) groups excluding carboxylic acids is 1. The Kier molecular flexibility index (Phi) is 3.53. The molecule has 0 fully saturated rings. The van der Waals surface area contributed by atoms with Crippen LogP contribution in [0.25, 0.3) is 5.69 Å². The van der Waals surface area contributed by atoms with Gasteiger partial charge in [-0.3, -0.25) is 4.79 Å². The fourth-order valence-corrected chi connectivity index (χ4v) is 2.73. The number of carbonyl (C=O) groups is 1. The molecular formula is C15H10F2N2OS. The predicted molar refractivity (Wildman–Crippen MR) is 78.0 cm³/mol. The lowest BCUT2D eigenvalue weighted by molar-refractivity contribution is 0.103. The van der Waals surface area contributed by atoms with Gasteiger partial charge in [0.1, 0.15) is 16.5 Å². The third kappa shape index (κ3) is 2.71. The largest absolute Gasteiger partial charge is 0.322 e. The number of halogens is 2. The molecule has 0 aliphatic carbocycles. The number of amides is 1. The Labute approximate surface area is 123 Å². The number of benzene rings is 1. The van der Waals surface area contributed by atoms with Crippen LogP contribution in [0.1, 0.15) is 9.67 Å². The first-order valence-corrected chi connectivity index (χ1v) is 7.00. The van der Waals surface area contributed by atoms with E-state index in [1.165, 1.54) is 17.4 Å². The molecule has 3 aromatic rings. The van der Waals surface area contributed by atoms with Crippen LogP contribution in [-0.2, 0) is 0 Å². The summed E-state index contributed by atoms with van der Waals surface area (Å²) in [6.45, 7) is 0. The number of anilines is 1. The van der Waals surface area contributed by atoms with E-state index >= 15 is 0 Å². The van der Waals surface area contributed by atoms with Gasteiger partial charge >= 0.3 is 0 Å². The molecule has 106 valence electrons. The van der Waals surface area contributed by atoms with Crippen LogP contribution in [0, 0.1) is 11.6 Å². The average Bonchev–Trinajstić information content (AvgIpc) is 3.10. The van der Waals surface area contributed by atoms with E-state index in [1.54, 1.807) is 16.0 Å². The van der Waals surface area contributed by atoms with Gasteiger partial charge in [-0.2, -0.15) is 0 Å². The third-order valence-electron chi connectivity index (χ3n) is 2.91. The maximum absolute atomic E-state index is 13.6. The summed E-state index contributed by atoms with van der Waals surface area (Å²) in [5.74, 6) is -1.92. The number of nitrogens with one attached hydrogen (secondary N) is 1. The highest BCUT2D eigenvalue weighted by molar-refractivity contribution is 7.12. The molecule has 21 heavy (non-hydrogen) atoms. The second-order valence-electron chi connectivity index (χ2n) is 4.30. The summed E-state index contributed by atoms with van der Waals surface area (Å²) in [6.07, 6.45) is 3.63. The normalized spacial score (nSPS) is 10.6. The van der Waals surface area contributed by atoms with Gasteiger partial charge in [-0.05, 0) is 35.7 Å². The van der Waals surface area contributed by atoms with Crippen molar-refractivity contribution >= 4 is 22.9 Å². The van der Waals surface area contributed by atoms with Crippen molar-refractivity contribution in [2.45, 2.75) is 0 Å². The minimum Gasteiger partial charge on any atom is -0.322 e. The fourth-order valence-electron chi connectivity index (χ4n) is 1.94. The van der Waals surface area contributed by atoms with Gasteiger partial charge < -0.3 is 9.88 Å². The highest BCUT2D eigenvalue weighted by atomic mass is 32.1. The van der Waals surface area contributed by atoms with E-state index < -0.39 is 17.5 Å². The maximum atomic E-state index is 13.6. The van der Waals surface area contributed by atoms with Crippen LogP contribution < -0.4 is 5.32 Å². The smallest absolute Gasteiger partial charge is 0.267 e. The van der Waals surface area contributed by atoms with Crippen molar-refractivity contribution in [3.63, 3.8) is 0 Å². The van der Waals surface area contributed by atoms with Crippen LogP contribution in [0.2, 0.25) is 0 Å². The molecule has 3 rings (SSSR count). The Morgan fingerprint density at radius 2 is 1.90 bits per heavy atom. The molecule has 3 nitrogen and oxygen atoms in total. The molecule has 0 bridgehead atoms. The molecule has 0 atom stereocenters. The zero-order chi connectivity index (χ0) is 14.8. The molecule has 2 heterocycles. The number of hydrogen-bond donors (Lipinski definition) is 1. The maximum Gasteiger partial charge on any atom is 0.267 e. The van der Waals surface area contributed by atoms with Crippen LogP contribution in [-0.4, -0.2) is 10.5 Å². The van der Waals surface area contributed by atoms with E-state index in [-0.39, 0.29) is 5.69 Å². The van der Waals surface area contributed by atoms with E-state index in [0.717, 1.165) is 12.1 Å². The Morgan fingerprint density at radius 1 is 1.14 bits per heavy atom. The Morgan fingerprint density at radius 3 is 2.62 bits per heavy atom. The quantitative estimate of drug-likeness (QED) is 0.777. The van der Waals surface area contributed by atoms with Crippen molar-refractivity contribution in [3.8, 4) is 5.69 Å². The van der Waals surface area contributed by atoms with Crippen molar-refractivity contribution in [2.24, 2.45) is 0 Å². The summed E-state index contributed by atoms with van der Waals surface area (Å²) in [5.41, 5.74) is 0.665. The summed E-state index contributed by atoms with van der Waals surface area (Å²) in [5, 5.41) is 4.24. The molecule has 1 aromatic carbocycles. The lowest BCUT2D eigenvalue weighted by atomic mass is 10.3. The predicted octanol–water partition coefficient (Wildman–Crippen LogP) is 4.07. The Bertz CT molecular complexity index is 781. The molecule has 1 N–H and O–H groups in total. The second-order valence-corrected chi connectivity index (χ2v) is 5.22. The molecule has 0 radical (unpaired) electrons. The third-order valence-corrected chi connectivity index (χ3v) is 3.82.